The number of rotatable bonds is 10. The van der Waals surface area contributed by atoms with Crippen LogP contribution in [0.5, 0.6) is 0 Å². The van der Waals surface area contributed by atoms with E-state index in [0.29, 0.717) is 11.8 Å². The monoisotopic (exact) mass is 212 g/mol. The number of hydrogen-bond acceptors (Lipinski definition) is 2. The van der Waals surface area contributed by atoms with Crippen LogP contribution in [-0.4, -0.2) is 13.2 Å². The van der Waals surface area contributed by atoms with Gasteiger partial charge < -0.3 is 9.47 Å². The molecule has 0 N–H and O–H groups in total. The van der Waals surface area contributed by atoms with Gasteiger partial charge in [-0.25, -0.2) is 0 Å². The van der Waals surface area contributed by atoms with E-state index in [0.717, 1.165) is 32.5 Å². The first-order valence-electron chi connectivity index (χ1n) is 5.73. The second-order valence-corrected chi connectivity index (χ2v) is 3.78. The Bertz CT molecular complexity index is 148. The average Bonchev–Trinajstić information content (AvgIpc) is 2.28. The van der Waals surface area contributed by atoms with Crippen molar-refractivity contribution in [1.82, 2.24) is 0 Å². The molecular weight excluding hydrogens is 188 g/mol. The summed E-state index contributed by atoms with van der Waals surface area (Å²) in [5, 5.41) is 0. The van der Waals surface area contributed by atoms with E-state index < -0.39 is 0 Å². The summed E-state index contributed by atoms with van der Waals surface area (Å²) in [6, 6.07) is 0. The third-order valence-corrected chi connectivity index (χ3v) is 2.72. The van der Waals surface area contributed by atoms with Crippen molar-refractivity contribution >= 4 is 0 Å². The normalized spacial score (nSPS) is 14.0. The molecule has 0 fully saturated rings. The van der Waals surface area contributed by atoms with E-state index >= 15 is 0 Å². The Balaban J connectivity index is 3.87. The Hall–Kier alpha value is -0.920. The Morgan fingerprint density at radius 3 is 1.60 bits per heavy atom. The molecule has 0 heterocycles. The van der Waals surface area contributed by atoms with E-state index in [1.54, 1.807) is 0 Å². The zero-order valence-electron chi connectivity index (χ0n) is 10.1. The molecule has 0 amide bonds. The molecule has 2 nitrogen and oxygen atoms in total. The molecule has 0 radical (unpaired) electrons. The Labute approximate surface area is 94.0 Å². The van der Waals surface area contributed by atoms with Gasteiger partial charge >= 0.3 is 0 Å². The van der Waals surface area contributed by atoms with Crippen molar-refractivity contribution in [3.05, 3.63) is 25.7 Å². The van der Waals surface area contributed by atoms with Crippen LogP contribution in [0.4, 0.5) is 0 Å². The first kappa shape index (κ1) is 14.1. The highest BCUT2D eigenvalue weighted by atomic mass is 16.5. The zero-order valence-corrected chi connectivity index (χ0v) is 10.1. The summed E-state index contributed by atoms with van der Waals surface area (Å²) < 4.78 is 10.5. The van der Waals surface area contributed by atoms with Gasteiger partial charge in [-0.05, 0) is 18.3 Å². The minimum atomic E-state index is 0.598. The van der Waals surface area contributed by atoms with Gasteiger partial charge in [0.1, 0.15) is 0 Å². The first-order valence-corrected chi connectivity index (χ1v) is 5.73. The molecule has 2 heteroatoms. The molecule has 15 heavy (non-hydrogen) atoms. The van der Waals surface area contributed by atoms with E-state index in [1.165, 1.54) is 12.5 Å². The standard InChI is InChI=1S/C13H24O2/c1-5-12(10-14-7-3)9-13(6-2)11-15-8-4/h7-8,12-13H,3-6,9-11H2,1-2H3. The van der Waals surface area contributed by atoms with Crippen molar-refractivity contribution in [3.8, 4) is 0 Å². The summed E-state index contributed by atoms with van der Waals surface area (Å²) in [7, 11) is 0. The zero-order chi connectivity index (χ0) is 11.5. The van der Waals surface area contributed by atoms with Crippen LogP contribution in [-0.2, 0) is 9.47 Å². The highest BCUT2D eigenvalue weighted by molar-refractivity contribution is 4.66. The molecule has 0 saturated carbocycles. The van der Waals surface area contributed by atoms with Crippen molar-refractivity contribution < 1.29 is 9.47 Å². The number of hydrogen-bond donors (Lipinski definition) is 0. The van der Waals surface area contributed by atoms with E-state index in [2.05, 4.69) is 27.0 Å². The summed E-state index contributed by atoms with van der Waals surface area (Å²) in [5.74, 6) is 1.20. The van der Waals surface area contributed by atoms with Gasteiger partial charge in [0.25, 0.3) is 0 Å². The van der Waals surface area contributed by atoms with Gasteiger partial charge in [0.05, 0.1) is 25.7 Å². The fourth-order valence-electron chi connectivity index (χ4n) is 1.58. The molecule has 0 rings (SSSR count). The van der Waals surface area contributed by atoms with E-state index in [-0.39, 0.29) is 0 Å². The van der Waals surface area contributed by atoms with E-state index in [1.807, 2.05) is 0 Å². The SMILES string of the molecule is C=COCC(CC)CC(CC)COC=C. The molecule has 0 aliphatic rings. The Morgan fingerprint density at radius 1 is 0.933 bits per heavy atom. The maximum Gasteiger partial charge on any atom is 0.0901 e. The minimum Gasteiger partial charge on any atom is -0.502 e. The van der Waals surface area contributed by atoms with Crippen molar-refractivity contribution in [3.63, 3.8) is 0 Å². The molecule has 0 saturated heterocycles. The Morgan fingerprint density at radius 2 is 1.33 bits per heavy atom. The molecule has 88 valence electrons. The lowest BCUT2D eigenvalue weighted by atomic mass is 9.92. The molecule has 0 spiro atoms. The van der Waals surface area contributed by atoms with Gasteiger partial charge in [-0.1, -0.05) is 39.8 Å². The molecule has 0 aromatic rings. The quantitative estimate of drug-likeness (QED) is 0.513. The van der Waals surface area contributed by atoms with Crippen LogP contribution < -0.4 is 0 Å². The van der Waals surface area contributed by atoms with E-state index in [4.69, 9.17) is 9.47 Å². The molecule has 2 atom stereocenters. The molecule has 0 aromatic carbocycles. The second kappa shape index (κ2) is 9.63. The third-order valence-electron chi connectivity index (χ3n) is 2.72. The molecular formula is C13H24O2. The van der Waals surface area contributed by atoms with Crippen molar-refractivity contribution in [2.45, 2.75) is 33.1 Å². The van der Waals surface area contributed by atoms with E-state index in [9.17, 15) is 0 Å². The highest BCUT2D eigenvalue weighted by Gasteiger charge is 2.14. The smallest absolute Gasteiger partial charge is 0.0901 e. The van der Waals surface area contributed by atoms with Crippen LogP contribution in [0.1, 0.15) is 33.1 Å². The lowest BCUT2D eigenvalue weighted by molar-refractivity contribution is 0.134. The van der Waals surface area contributed by atoms with Crippen LogP contribution in [0.15, 0.2) is 25.7 Å². The highest BCUT2D eigenvalue weighted by Crippen LogP contribution is 2.19. The van der Waals surface area contributed by atoms with Gasteiger partial charge in [0.2, 0.25) is 0 Å². The second-order valence-electron chi connectivity index (χ2n) is 3.78. The van der Waals surface area contributed by atoms with Gasteiger partial charge in [-0.2, -0.15) is 0 Å². The Kier molecular flexibility index (Phi) is 9.04. The third kappa shape index (κ3) is 7.06. The summed E-state index contributed by atoms with van der Waals surface area (Å²) in [6.45, 7) is 13.0. The molecule has 0 bridgehead atoms. The van der Waals surface area contributed by atoms with Gasteiger partial charge in [-0.15, -0.1) is 0 Å². The average molecular weight is 212 g/mol. The topological polar surface area (TPSA) is 18.5 Å². The van der Waals surface area contributed by atoms with Gasteiger partial charge in [-0.3, -0.25) is 0 Å². The summed E-state index contributed by atoms with van der Waals surface area (Å²) in [6.07, 6.45) is 6.46. The largest absolute Gasteiger partial charge is 0.502 e. The maximum absolute atomic E-state index is 5.24. The first-order chi connectivity index (χ1) is 7.28. The van der Waals surface area contributed by atoms with Crippen LogP contribution in [0.3, 0.4) is 0 Å². The van der Waals surface area contributed by atoms with Crippen molar-refractivity contribution in [1.29, 1.82) is 0 Å². The fourth-order valence-corrected chi connectivity index (χ4v) is 1.58. The number of ether oxygens (including phenoxy) is 2. The van der Waals surface area contributed by atoms with Gasteiger partial charge in [0, 0.05) is 0 Å². The lowest BCUT2D eigenvalue weighted by Gasteiger charge is -2.20. The molecule has 0 aliphatic carbocycles. The molecule has 2 unspecified atom stereocenters. The maximum atomic E-state index is 5.24. The predicted molar refractivity (Wildman–Crippen MR) is 64.5 cm³/mol. The summed E-state index contributed by atoms with van der Waals surface area (Å²) >= 11 is 0. The van der Waals surface area contributed by atoms with Crippen molar-refractivity contribution in [2.24, 2.45) is 11.8 Å². The lowest BCUT2D eigenvalue weighted by Crippen LogP contribution is -2.16. The van der Waals surface area contributed by atoms with Crippen LogP contribution >= 0.6 is 0 Å². The molecule has 0 aliphatic heterocycles. The minimum absolute atomic E-state index is 0.598. The van der Waals surface area contributed by atoms with Crippen LogP contribution in [0.25, 0.3) is 0 Å². The summed E-state index contributed by atoms with van der Waals surface area (Å²) in [4.78, 5) is 0. The van der Waals surface area contributed by atoms with Gasteiger partial charge in [0.15, 0.2) is 0 Å². The fraction of sp³-hybridized carbons (Fsp3) is 0.692. The summed E-state index contributed by atoms with van der Waals surface area (Å²) in [5.41, 5.74) is 0. The van der Waals surface area contributed by atoms with Crippen LogP contribution in [0, 0.1) is 11.8 Å². The molecule has 0 aromatic heterocycles. The van der Waals surface area contributed by atoms with Crippen LogP contribution in [0.2, 0.25) is 0 Å². The van der Waals surface area contributed by atoms with Crippen molar-refractivity contribution in [2.75, 3.05) is 13.2 Å². The predicted octanol–water partition coefficient (Wildman–Crippen LogP) is 3.75.